The predicted octanol–water partition coefficient (Wildman–Crippen LogP) is 4.71. The van der Waals surface area contributed by atoms with E-state index < -0.39 is 17.6 Å². The molecule has 3 aromatic heterocycles. The largest absolute Gasteiger partial charge is 0.416 e. The molecule has 1 aromatic carbocycles. The Kier molecular flexibility index (Phi) is 5.95. The maximum absolute atomic E-state index is 13.7. The first-order valence-electron chi connectivity index (χ1n) is 10.8. The second-order valence-electron chi connectivity index (χ2n) is 8.35. The third kappa shape index (κ3) is 4.60. The molecule has 176 valence electrons. The van der Waals surface area contributed by atoms with E-state index in [0.717, 1.165) is 34.7 Å². The number of hydrogen-bond acceptors (Lipinski definition) is 5. The minimum absolute atomic E-state index is 0.00825. The number of alkyl halides is 3. The summed E-state index contributed by atoms with van der Waals surface area (Å²) in [5, 5.41) is 3.88. The molecule has 0 bridgehead atoms. The van der Waals surface area contributed by atoms with Crippen LogP contribution in [0.1, 0.15) is 33.7 Å². The molecule has 34 heavy (non-hydrogen) atoms. The van der Waals surface area contributed by atoms with E-state index in [1.54, 1.807) is 17.1 Å². The molecule has 3 heterocycles. The van der Waals surface area contributed by atoms with Gasteiger partial charge in [0.1, 0.15) is 10.6 Å². The van der Waals surface area contributed by atoms with Gasteiger partial charge in [0.05, 0.1) is 29.5 Å². The topological polar surface area (TPSA) is 59.8 Å². The van der Waals surface area contributed by atoms with E-state index in [2.05, 4.69) is 15.3 Å². The van der Waals surface area contributed by atoms with Crippen LogP contribution in [-0.4, -0.2) is 20.6 Å². The van der Waals surface area contributed by atoms with E-state index in [9.17, 15) is 22.4 Å². The Labute approximate surface area is 196 Å². The van der Waals surface area contributed by atoms with Crippen LogP contribution in [0.4, 0.5) is 17.6 Å². The smallest absolute Gasteiger partial charge is 0.310 e. The van der Waals surface area contributed by atoms with Crippen molar-refractivity contribution in [2.75, 3.05) is 0 Å². The summed E-state index contributed by atoms with van der Waals surface area (Å²) in [5.41, 5.74) is 0.918. The Balaban J connectivity index is 1.33. The Morgan fingerprint density at radius 2 is 2.03 bits per heavy atom. The summed E-state index contributed by atoms with van der Waals surface area (Å²) in [5.74, 6) is -0.907. The van der Waals surface area contributed by atoms with Gasteiger partial charge in [0.25, 0.3) is 5.56 Å². The fourth-order valence-electron chi connectivity index (χ4n) is 4.33. The van der Waals surface area contributed by atoms with Crippen molar-refractivity contribution in [1.29, 1.82) is 0 Å². The van der Waals surface area contributed by atoms with Gasteiger partial charge in [-0.05, 0) is 60.7 Å². The summed E-state index contributed by atoms with van der Waals surface area (Å²) in [6.45, 7) is 0.464. The fraction of sp³-hybridized carbons (Fsp3) is 0.292. The minimum Gasteiger partial charge on any atom is -0.310 e. The number of nitrogens with zero attached hydrogens (tertiary/aromatic N) is 3. The van der Waals surface area contributed by atoms with Crippen LogP contribution in [0.5, 0.6) is 0 Å². The Morgan fingerprint density at radius 3 is 2.79 bits per heavy atom. The third-order valence-corrected chi connectivity index (χ3v) is 7.14. The van der Waals surface area contributed by atoms with Gasteiger partial charge in [0.2, 0.25) is 0 Å². The number of fused-ring (bicyclic) bond motifs is 3. The van der Waals surface area contributed by atoms with Gasteiger partial charge in [-0.15, -0.1) is 11.3 Å². The molecule has 0 amide bonds. The maximum Gasteiger partial charge on any atom is 0.416 e. The van der Waals surface area contributed by atoms with E-state index in [4.69, 9.17) is 0 Å². The van der Waals surface area contributed by atoms with Crippen molar-refractivity contribution in [3.63, 3.8) is 0 Å². The number of halogens is 4. The van der Waals surface area contributed by atoms with Crippen LogP contribution >= 0.6 is 11.3 Å². The van der Waals surface area contributed by atoms with Crippen LogP contribution in [0.2, 0.25) is 0 Å². The first-order chi connectivity index (χ1) is 16.3. The molecule has 0 spiro atoms. The number of aromatic nitrogens is 3. The quantitative estimate of drug-likeness (QED) is 0.414. The van der Waals surface area contributed by atoms with Crippen molar-refractivity contribution < 1.29 is 17.6 Å². The third-order valence-electron chi connectivity index (χ3n) is 5.97. The van der Waals surface area contributed by atoms with Crippen LogP contribution in [0.15, 0.2) is 53.7 Å². The monoisotopic (exact) mass is 488 g/mol. The van der Waals surface area contributed by atoms with Gasteiger partial charge in [-0.2, -0.15) is 13.2 Å². The summed E-state index contributed by atoms with van der Waals surface area (Å²) >= 11 is 1.47. The van der Waals surface area contributed by atoms with Gasteiger partial charge < -0.3 is 5.32 Å². The van der Waals surface area contributed by atoms with Crippen LogP contribution in [0.3, 0.4) is 0 Å². The average Bonchev–Trinajstić information content (AvgIpc) is 3.18. The number of rotatable bonds is 5. The molecule has 4 aromatic rings. The first-order valence-corrected chi connectivity index (χ1v) is 11.6. The van der Waals surface area contributed by atoms with Crippen molar-refractivity contribution in [3.8, 4) is 0 Å². The van der Waals surface area contributed by atoms with Crippen molar-refractivity contribution in [3.05, 3.63) is 92.4 Å². The highest BCUT2D eigenvalue weighted by Crippen LogP contribution is 2.34. The number of nitrogens with one attached hydrogen (secondary N) is 1. The molecule has 5 rings (SSSR count). The molecular formula is C24H20F4N4OS. The SMILES string of the molecule is O=c1c2c3c(sc2ncn1Cc1ccccn1)C[C@H](NCc1cc(F)cc(C(F)(F)F)c1)CC3. The van der Waals surface area contributed by atoms with Crippen LogP contribution < -0.4 is 10.9 Å². The second-order valence-corrected chi connectivity index (χ2v) is 9.43. The lowest BCUT2D eigenvalue weighted by Gasteiger charge is -2.23. The summed E-state index contributed by atoms with van der Waals surface area (Å²) in [4.78, 5) is 23.7. The lowest BCUT2D eigenvalue weighted by atomic mass is 9.93. The van der Waals surface area contributed by atoms with E-state index >= 15 is 0 Å². The summed E-state index contributed by atoms with van der Waals surface area (Å²) in [6, 6.07) is 8.13. The summed E-state index contributed by atoms with van der Waals surface area (Å²) in [7, 11) is 0. The highest BCUT2D eigenvalue weighted by Gasteiger charge is 2.31. The number of pyridine rings is 1. The van der Waals surface area contributed by atoms with E-state index in [-0.39, 0.29) is 23.7 Å². The van der Waals surface area contributed by atoms with E-state index in [1.807, 2.05) is 18.2 Å². The molecule has 5 nitrogen and oxygen atoms in total. The molecule has 1 N–H and O–H groups in total. The lowest BCUT2D eigenvalue weighted by Crippen LogP contribution is -2.34. The van der Waals surface area contributed by atoms with Crippen molar-refractivity contribution in [2.24, 2.45) is 0 Å². The van der Waals surface area contributed by atoms with Crippen LogP contribution in [0, 0.1) is 5.82 Å². The molecule has 10 heteroatoms. The van der Waals surface area contributed by atoms with E-state index in [0.29, 0.717) is 35.7 Å². The zero-order valence-electron chi connectivity index (χ0n) is 17.9. The van der Waals surface area contributed by atoms with Crippen LogP contribution in [-0.2, 0) is 32.1 Å². The van der Waals surface area contributed by atoms with Crippen molar-refractivity contribution in [2.45, 2.75) is 44.6 Å². The van der Waals surface area contributed by atoms with Gasteiger partial charge in [0.15, 0.2) is 0 Å². The minimum atomic E-state index is -4.59. The van der Waals surface area contributed by atoms with Gasteiger partial charge in [-0.3, -0.25) is 14.3 Å². The fourth-order valence-corrected chi connectivity index (χ4v) is 5.59. The molecule has 0 saturated carbocycles. The molecule has 1 atom stereocenters. The Bertz CT molecular complexity index is 1400. The van der Waals surface area contributed by atoms with Crippen LogP contribution in [0.25, 0.3) is 10.2 Å². The highest BCUT2D eigenvalue weighted by molar-refractivity contribution is 7.18. The number of hydrogen-bond donors (Lipinski definition) is 1. The molecule has 0 aliphatic heterocycles. The normalized spacial score (nSPS) is 16.1. The zero-order valence-corrected chi connectivity index (χ0v) is 18.7. The van der Waals surface area contributed by atoms with Crippen molar-refractivity contribution >= 4 is 21.6 Å². The molecule has 1 aliphatic rings. The van der Waals surface area contributed by atoms with Gasteiger partial charge in [-0.1, -0.05) is 6.07 Å². The molecular weight excluding hydrogens is 468 g/mol. The number of thiophene rings is 1. The van der Waals surface area contributed by atoms with Gasteiger partial charge >= 0.3 is 6.18 Å². The molecule has 0 radical (unpaired) electrons. The zero-order chi connectivity index (χ0) is 23.9. The molecule has 0 saturated heterocycles. The number of benzene rings is 1. The summed E-state index contributed by atoms with van der Waals surface area (Å²) in [6.07, 6.45) is 0.643. The lowest BCUT2D eigenvalue weighted by molar-refractivity contribution is -0.137. The van der Waals surface area contributed by atoms with Gasteiger partial charge in [-0.25, -0.2) is 9.37 Å². The summed E-state index contributed by atoms with van der Waals surface area (Å²) < 4.78 is 54.1. The standard InChI is InChI=1S/C24H20F4N4OS/c25-16-8-14(7-15(9-16)24(26,27)28)11-30-17-4-5-19-20(10-17)34-22-21(19)23(33)32(13-31-22)12-18-3-1-2-6-29-18/h1-3,6-9,13,17,30H,4-5,10-12H2/t17-/m1/s1. The Morgan fingerprint density at radius 1 is 1.18 bits per heavy atom. The Hall–Kier alpha value is -3.11. The molecule has 0 unspecified atom stereocenters. The van der Waals surface area contributed by atoms with Gasteiger partial charge in [0, 0.05) is 23.7 Å². The second kappa shape index (κ2) is 8.92. The maximum atomic E-state index is 13.7. The average molecular weight is 489 g/mol. The first kappa shape index (κ1) is 22.7. The number of aryl methyl sites for hydroxylation is 1. The molecule has 1 aliphatic carbocycles. The van der Waals surface area contributed by atoms with E-state index in [1.165, 1.54) is 11.3 Å². The predicted molar refractivity (Wildman–Crippen MR) is 121 cm³/mol. The highest BCUT2D eigenvalue weighted by atomic mass is 32.1. The van der Waals surface area contributed by atoms with Crippen molar-refractivity contribution in [1.82, 2.24) is 19.9 Å². The molecule has 0 fully saturated rings.